The molecule has 1 spiro atoms. The van der Waals surface area contributed by atoms with Crippen molar-refractivity contribution in [2.45, 2.75) is 24.7 Å². The molecule has 11 aromatic rings. The first-order valence-electron chi connectivity index (χ1n) is 22.8. The minimum Gasteiger partial charge on any atom is -0.457 e. The molecule has 3 heterocycles. The molecule has 0 fully saturated rings. The van der Waals surface area contributed by atoms with Gasteiger partial charge in [-0.25, -0.2) is 9.97 Å². The monoisotopic (exact) mass is 843 g/mol. The van der Waals surface area contributed by atoms with E-state index in [-0.39, 0.29) is 5.41 Å². The van der Waals surface area contributed by atoms with Crippen LogP contribution in [-0.4, -0.2) is 14.5 Å². The molecular weight excluding hydrogens is 803 g/mol. The van der Waals surface area contributed by atoms with Crippen molar-refractivity contribution in [2.24, 2.45) is 0 Å². The van der Waals surface area contributed by atoms with Crippen LogP contribution in [0.3, 0.4) is 0 Å². The molecule has 14 rings (SSSR count). The van der Waals surface area contributed by atoms with Crippen LogP contribution < -0.4 is 4.74 Å². The lowest BCUT2D eigenvalue weighted by Gasteiger charge is -2.39. The van der Waals surface area contributed by atoms with Crippen molar-refractivity contribution in [2.75, 3.05) is 0 Å². The second kappa shape index (κ2) is 13.6. The molecule has 66 heavy (non-hydrogen) atoms. The Labute approximate surface area is 383 Å². The maximum absolute atomic E-state index is 6.65. The second-order valence-corrected chi connectivity index (χ2v) is 18.4. The van der Waals surface area contributed by atoms with Crippen LogP contribution in [0.1, 0.15) is 47.2 Å². The molecule has 9 aromatic carbocycles. The first kappa shape index (κ1) is 37.1. The molecule has 4 nitrogen and oxygen atoms in total. The fourth-order valence-corrected chi connectivity index (χ4v) is 11.9. The highest BCUT2D eigenvalue weighted by atomic mass is 16.5. The topological polar surface area (TPSA) is 39.9 Å². The molecule has 2 aliphatic carbocycles. The minimum atomic E-state index is -0.538. The van der Waals surface area contributed by atoms with E-state index in [1.54, 1.807) is 0 Å². The van der Waals surface area contributed by atoms with E-state index in [0.717, 1.165) is 50.8 Å². The van der Waals surface area contributed by atoms with Gasteiger partial charge in [-0.1, -0.05) is 184 Å². The van der Waals surface area contributed by atoms with E-state index in [9.17, 15) is 0 Å². The van der Waals surface area contributed by atoms with Crippen LogP contribution in [0.4, 0.5) is 0 Å². The number of hydrogen-bond donors (Lipinski definition) is 0. The number of ether oxygens (including phenoxy) is 1. The summed E-state index contributed by atoms with van der Waals surface area (Å²) in [6, 6.07) is 76.7. The van der Waals surface area contributed by atoms with Crippen molar-refractivity contribution in [1.82, 2.24) is 14.5 Å². The van der Waals surface area contributed by atoms with E-state index in [0.29, 0.717) is 5.82 Å². The molecule has 0 saturated carbocycles. The Balaban J connectivity index is 1.08. The van der Waals surface area contributed by atoms with Gasteiger partial charge < -0.3 is 9.30 Å². The zero-order valence-corrected chi connectivity index (χ0v) is 36.5. The minimum absolute atomic E-state index is 0.353. The third-order valence-corrected chi connectivity index (χ3v) is 14.6. The third kappa shape index (κ3) is 4.93. The summed E-state index contributed by atoms with van der Waals surface area (Å²) in [6.07, 6.45) is 0. The van der Waals surface area contributed by atoms with E-state index >= 15 is 0 Å². The number of fused-ring (bicyclic) bond motifs is 16. The molecule has 0 unspecified atom stereocenters. The number of para-hydroxylation sites is 3. The lowest BCUT2D eigenvalue weighted by molar-refractivity contribution is 0.436. The van der Waals surface area contributed by atoms with Gasteiger partial charge in [0, 0.05) is 49.7 Å². The first-order valence-corrected chi connectivity index (χ1v) is 22.8. The van der Waals surface area contributed by atoms with Gasteiger partial charge in [0.25, 0.3) is 0 Å². The molecule has 0 amide bonds. The lowest BCUT2D eigenvalue weighted by Crippen LogP contribution is -2.32. The predicted octanol–water partition coefficient (Wildman–Crippen LogP) is 15.3. The average Bonchev–Trinajstić information content (AvgIpc) is 3.95. The SMILES string of the molecule is CC1(C)c2ccccc2-c2c(-c3nc(-c4ccccc4)cc(-c4ccccc4)n3)cc3c4ccccc4n(-c4ccc5c(c4)-c4ccccc4C54c5ccccc5Oc5ccccc54)c3c21. The highest BCUT2D eigenvalue weighted by molar-refractivity contribution is 6.16. The zero-order chi connectivity index (χ0) is 43.7. The Morgan fingerprint density at radius 3 is 1.65 bits per heavy atom. The highest BCUT2D eigenvalue weighted by Crippen LogP contribution is 2.63. The van der Waals surface area contributed by atoms with Gasteiger partial charge in [-0.3, -0.25) is 0 Å². The summed E-state index contributed by atoms with van der Waals surface area (Å²) in [5.41, 5.74) is 19.9. The van der Waals surface area contributed by atoms with Gasteiger partial charge in [-0.2, -0.15) is 0 Å². The summed E-state index contributed by atoms with van der Waals surface area (Å²) in [6.45, 7) is 4.78. The van der Waals surface area contributed by atoms with Crippen molar-refractivity contribution in [3.05, 3.63) is 246 Å². The van der Waals surface area contributed by atoms with Gasteiger partial charge in [0.15, 0.2) is 5.82 Å². The molecule has 2 aromatic heterocycles. The Bertz CT molecular complexity index is 3720. The molecule has 310 valence electrons. The van der Waals surface area contributed by atoms with Crippen LogP contribution in [0.15, 0.2) is 212 Å². The van der Waals surface area contributed by atoms with E-state index < -0.39 is 5.41 Å². The number of hydrogen-bond acceptors (Lipinski definition) is 3. The van der Waals surface area contributed by atoms with Crippen LogP contribution in [0.2, 0.25) is 0 Å². The molecule has 0 N–H and O–H groups in total. The Kier molecular flexibility index (Phi) is 7.63. The molecular formula is C62H41N3O. The Morgan fingerprint density at radius 1 is 0.424 bits per heavy atom. The summed E-state index contributed by atoms with van der Waals surface area (Å²) in [5, 5.41) is 2.37. The van der Waals surface area contributed by atoms with Crippen LogP contribution in [0, 0.1) is 0 Å². The van der Waals surface area contributed by atoms with Crippen molar-refractivity contribution in [3.8, 4) is 73.3 Å². The van der Waals surface area contributed by atoms with Crippen molar-refractivity contribution < 1.29 is 4.74 Å². The summed E-state index contributed by atoms with van der Waals surface area (Å²) in [4.78, 5) is 10.9. The van der Waals surface area contributed by atoms with Gasteiger partial charge in [0.1, 0.15) is 11.5 Å². The molecule has 1 aliphatic heterocycles. The van der Waals surface area contributed by atoms with Crippen LogP contribution >= 0.6 is 0 Å². The van der Waals surface area contributed by atoms with Crippen molar-refractivity contribution >= 4 is 21.8 Å². The van der Waals surface area contributed by atoms with Crippen LogP contribution in [-0.2, 0) is 10.8 Å². The number of benzene rings is 9. The van der Waals surface area contributed by atoms with Gasteiger partial charge in [-0.15, -0.1) is 0 Å². The predicted molar refractivity (Wildman–Crippen MR) is 268 cm³/mol. The third-order valence-electron chi connectivity index (χ3n) is 14.6. The molecule has 3 aliphatic rings. The lowest BCUT2D eigenvalue weighted by atomic mass is 9.66. The first-order chi connectivity index (χ1) is 32.5. The van der Waals surface area contributed by atoms with Gasteiger partial charge in [0.05, 0.1) is 27.8 Å². The molecule has 0 saturated heterocycles. The number of aromatic nitrogens is 3. The molecule has 4 heteroatoms. The Morgan fingerprint density at radius 2 is 0.970 bits per heavy atom. The van der Waals surface area contributed by atoms with Crippen molar-refractivity contribution in [3.63, 3.8) is 0 Å². The van der Waals surface area contributed by atoms with E-state index in [2.05, 4.69) is 231 Å². The average molecular weight is 844 g/mol. The van der Waals surface area contributed by atoms with Crippen molar-refractivity contribution in [1.29, 1.82) is 0 Å². The molecule has 0 radical (unpaired) electrons. The summed E-state index contributed by atoms with van der Waals surface area (Å²) < 4.78 is 9.19. The quantitative estimate of drug-likeness (QED) is 0.177. The van der Waals surface area contributed by atoms with E-state index in [4.69, 9.17) is 14.7 Å². The number of nitrogens with zero attached hydrogens (tertiary/aromatic N) is 3. The molecule has 0 bridgehead atoms. The highest BCUT2D eigenvalue weighted by Gasteiger charge is 2.51. The summed E-state index contributed by atoms with van der Waals surface area (Å²) in [5.74, 6) is 2.51. The number of rotatable bonds is 4. The maximum Gasteiger partial charge on any atom is 0.161 e. The van der Waals surface area contributed by atoms with Crippen LogP contribution in [0.25, 0.3) is 83.6 Å². The fraction of sp³-hybridized carbons (Fsp3) is 0.0645. The zero-order valence-electron chi connectivity index (χ0n) is 36.5. The second-order valence-electron chi connectivity index (χ2n) is 18.4. The van der Waals surface area contributed by atoms with E-state index in [1.165, 1.54) is 71.9 Å². The summed E-state index contributed by atoms with van der Waals surface area (Å²) in [7, 11) is 0. The standard InChI is InChI=1S/C62H41N3O/c1-61(2)47-26-12-10-25-43(47)57-46(60-63-52(38-19-5-3-6-20-38)37-53(64-60)39-21-7-4-8-22-39)36-45-42-24-11-16-30-54(42)65(59(45)58(57)61)40-33-34-49-44(35-40)41-23-9-13-27-48(41)62(49)50-28-14-17-31-55(50)66-56-32-18-15-29-51(56)62/h3-37H,1-2H3. The van der Waals surface area contributed by atoms with Gasteiger partial charge in [0.2, 0.25) is 0 Å². The fourth-order valence-electron chi connectivity index (χ4n) is 11.9. The van der Waals surface area contributed by atoms with E-state index in [1.807, 2.05) is 0 Å². The smallest absolute Gasteiger partial charge is 0.161 e. The Hall–Kier alpha value is -8.34. The van der Waals surface area contributed by atoms with Gasteiger partial charge in [-0.05, 0) is 87.0 Å². The van der Waals surface area contributed by atoms with Crippen LogP contribution in [0.5, 0.6) is 11.5 Å². The molecule has 0 atom stereocenters. The largest absolute Gasteiger partial charge is 0.457 e. The summed E-state index contributed by atoms with van der Waals surface area (Å²) >= 11 is 0. The normalized spacial score (nSPS) is 14.3. The maximum atomic E-state index is 6.65. The van der Waals surface area contributed by atoms with Gasteiger partial charge >= 0.3 is 0 Å².